The zero-order valence-corrected chi connectivity index (χ0v) is 18.1. The van der Waals surface area contributed by atoms with Gasteiger partial charge in [-0.2, -0.15) is 5.10 Å². The molecule has 0 saturated carbocycles. The van der Waals surface area contributed by atoms with Gasteiger partial charge in [0.05, 0.1) is 24.3 Å². The minimum Gasteiger partial charge on any atom is -0.467 e. The summed E-state index contributed by atoms with van der Waals surface area (Å²) in [6, 6.07) is 18.4. The van der Waals surface area contributed by atoms with Crippen LogP contribution in [0.2, 0.25) is 10.0 Å². The fraction of sp³-hybridized carbons (Fsp3) is 0.136. The van der Waals surface area contributed by atoms with Gasteiger partial charge in [0.15, 0.2) is 5.17 Å². The van der Waals surface area contributed by atoms with Gasteiger partial charge in [-0.25, -0.2) is 0 Å². The molecule has 1 aliphatic heterocycles. The predicted octanol–water partition coefficient (Wildman–Crippen LogP) is 5.66. The Morgan fingerprint density at radius 1 is 1.03 bits per heavy atom. The van der Waals surface area contributed by atoms with Crippen LogP contribution in [0.4, 0.5) is 0 Å². The summed E-state index contributed by atoms with van der Waals surface area (Å²) < 4.78 is 5.42. The van der Waals surface area contributed by atoms with Crippen LogP contribution < -0.4 is 0 Å². The van der Waals surface area contributed by atoms with Gasteiger partial charge < -0.3 is 4.42 Å². The molecule has 30 heavy (non-hydrogen) atoms. The van der Waals surface area contributed by atoms with E-state index in [0.29, 0.717) is 33.9 Å². The molecule has 0 aliphatic carbocycles. The highest BCUT2D eigenvalue weighted by Gasteiger charge is 2.38. The lowest BCUT2D eigenvalue weighted by molar-refractivity contribution is -0.126. The maximum atomic E-state index is 13.1. The van der Waals surface area contributed by atoms with Crippen molar-refractivity contribution in [2.24, 2.45) is 10.2 Å². The van der Waals surface area contributed by atoms with E-state index in [-0.39, 0.29) is 11.2 Å². The monoisotopic (exact) mass is 457 g/mol. The molecule has 4 rings (SSSR count). The van der Waals surface area contributed by atoms with Gasteiger partial charge >= 0.3 is 0 Å². The number of amides is 1. The van der Waals surface area contributed by atoms with E-state index in [2.05, 4.69) is 10.2 Å². The summed E-state index contributed by atoms with van der Waals surface area (Å²) in [6.07, 6.45) is 3.80. The highest BCUT2D eigenvalue weighted by Crippen LogP contribution is 2.31. The Kier molecular flexibility index (Phi) is 6.57. The zero-order valence-electron chi connectivity index (χ0n) is 15.7. The molecule has 1 fully saturated rings. The smallest absolute Gasteiger partial charge is 0.242 e. The van der Waals surface area contributed by atoms with Crippen LogP contribution in [0.25, 0.3) is 0 Å². The Morgan fingerprint density at radius 2 is 1.73 bits per heavy atom. The van der Waals surface area contributed by atoms with Crippen molar-refractivity contribution < 1.29 is 9.21 Å². The van der Waals surface area contributed by atoms with Gasteiger partial charge in [-0.3, -0.25) is 9.69 Å². The summed E-state index contributed by atoms with van der Waals surface area (Å²) >= 11 is 13.3. The molecule has 0 N–H and O–H groups in total. The summed E-state index contributed by atoms with van der Waals surface area (Å²) in [5.74, 6) is 0.664. The minimum absolute atomic E-state index is 0.0215. The normalized spacial score (nSPS) is 18.1. The fourth-order valence-electron chi connectivity index (χ4n) is 2.95. The third-order valence-corrected chi connectivity index (χ3v) is 6.14. The van der Waals surface area contributed by atoms with E-state index in [0.717, 1.165) is 11.1 Å². The molecule has 1 atom stereocenters. The van der Waals surface area contributed by atoms with Crippen molar-refractivity contribution in [3.63, 3.8) is 0 Å². The number of carbonyl (C=O) groups excluding carboxylic acids is 1. The van der Waals surface area contributed by atoms with Crippen molar-refractivity contribution in [3.05, 3.63) is 93.9 Å². The molecule has 0 radical (unpaired) electrons. The van der Waals surface area contributed by atoms with Gasteiger partial charge in [-0.1, -0.05) is 59.2 Å². The molecule has 2 heterocycles. The standard InChI is InChI=1S/C22H17Cl2N3O2S/c23-17-7-3-15(4-8-17)12-20-21(28)27(14-19-2-1-11-29-19)22(30-20)26-25-13-16-5-9-18(24)10-6-16/h1-11,13,20H,12,14H2/b25-13-,26-22+/t20-/m0/s1. The van der Waals surface area contributed by atoms with Crippen molar-refractivity contribution in [2.45, 2.75) is 18.2 Å². The van der Waals surface area contributed by atoms with E-state index in [4.69, 9.17) is 27.6 Å². The molecule has 1 saturated heterocycles. The number of benzene rings is 2. The highest BCUT2D eigenvalue weighted by atomic mass is 35.5. The lowest BCUT2D eigenvalue weighted by atomic mass is 10.1. The van der Waals surface area contributed by atoms with Gasteiger partial charge in [-0.05, 0) is 53.9 Å². The first-order valence-electron chi connectivity index (χ1n) is 9.20. The Balaban J connectivity index is 1.54. The van der Waals surface area contributed by atoms with Crippen molar-refractivity contribution >= 4 is 52.3 Å². The van der Waals surface area contributed by atoms with Crippen LogP contribution in [0.15, 0.2) is 81.5 Å². The van der Waals surface area contributed by atoms with Crippen molar-refractivity contribution in [3.8, 4) is 0 Å². The molecule has 2 aromatic carbocycles. The maximum Gasteiger partial charge on any atom is 0.242 e. The van der Waals surface area contributed by atoms with Crippen molar-refractivity contribution in [1.29, 1.82) is 0 Å². The second-order valence-electron chi connectivity index (χ2n) is 6.62. The second-order valence-corrected chi connectivity index (χ2v) is 8.66. The van der Waals surface area contributed by atoms with Gasteiger partial charge in [-0.15, -0.1) is 5.10 Å². The number of rotatable bonds is 6. The zero-order chi connectivity index (χ0) is 20.9. The average molecular weight is 458 g/mol. The number of halogens is 2. The summed E-state index contributed by atoms with van der Waals surface area (Å²) in [5, 5.41) is 10.1. The second kappa shape index (κ2) is 9.51. The van der Waals surface area contributed by atoms with Crippen LogP contribution >= 0.6 is 35.0 Å². The van der Waals surface area contributed by atoms with Gasteiger partial charge in [0.2, 0.25) is 5.91 Å². The molecule has 0 spiro atoms. The molecular formula is C22H17Cl2N3O2S. The molecule has 1 amide bonds. The molecule has 1 aliphatic rings. The lowest BCUT2D eigenvalue weighted by Gasteiger charge is -2.14. The summed E-state index contributed by atoms with van der Waals surface area (Å²) in [5.41, 5.74) is 1.91. The van der Waals surface area contributed by atoms with E-state index >= 15 is 0 Å². The van der Waals surface area contributed by atoms with E-state index in [1.165, 1.54) is 11.8 Å². The Hall–Kier alpha value is -2.54. The number of thioether (sulfide) groups is 1. The summed E-state index contributed by atoms with van der Waals surface area (Å²) in [7, 11) is 0. The Labute approximate surface area is 188 Å². The molecular weight excluding hydrogens is 441 g/mol. The van der Waals surface area contributed by atoms with Gasteiger partial charge in [0, 0.05) is 10.0 Å². The molecule has 0 bridgehead atoms. The van der Waals surface area contributed by atoms with Crippen LogP contribution in [0.5, 0.6) is 0 Å². The lowest BCUT2D eigenvalue weighted by Crippen LogP contribution is -2.32. The first-order chi connectivity index (χ1) is 14.6. The third kappa shape index (κ3) is 5.14. The molecule has 5 nitrogen and oxygen atoms in total. The predicted molar refractivity (Wildman–Crippen MR) is 122 cm³/mol. The summed E-state index contributed by atoms with van der Waals surface area (Å²) in [6.45, 7) is 0.311. The topological polar surface area (TPSA) is 58.2 Å². The minimum atomic E-state index is -0.286. The number of amidine groups is 1. The SMILES string of the molecule is O=C1[C@H](Cc2ccc(Cl)cc2)S/C(=N/N=C\c2ccc(Cl)cc2)N1Cc1ccco1. The van der Waals surface area contributed by atoms with Crippen LogP contribution in [0.1, 0.15) is 16.9 Å². The van der Waals surface area contributed by atoms with Crippen molar-refractivity contribution in [2.75, 3.05) is 0 Å². The van der Waals surface area contributed by atoms with E-state index < -0.39 is 0 Å². The summed E-state index contributed by atoms with van der Waals surface area (Å²) in [4.78, 5) is 14.7. The number of nitrogens with zero attached hydrogens (tertiary/aromatic N) is 3. The van der Waals surface area contributed by atoms with Gasteiger partial charge in [0.25, 0.3) is 0 Å². The molecule has 8 heteroatoms. The maximum absolute atomic E-state index is 13.1. The number of hydrogen-bond acceptors (Lipinski definition) is 5. The van der Waals surface area contributed by atoms with Crippen LogP contribution in [0, 0.1) is 0 Å². The molecule has 3 aromatic rings. The molecule has 152 valence electrons. The van der Waals surface area contributed by atoms with E-state index in [9.17, 15) is 4.79 Å². The average Bonchev–Trinajstić information content (AvgIpc) is 3.35. The molecule has 1 aromatic heterocycles. The Bertz CT molecular complexity index is 1060. The fourth-order valence-corrected chi connectivity index (χ4v) is 4.33. The first kappa shape index (κ1) is 20.7. The molecule has 0 unspecified atom stereocenters. The van der Waals surface area contributed by atoms with Crippen LogP contribution in [-0.4, -0.2) is 27.4 Å². The highest BCUT2D eigenvalue weighted by molar-refractivity contribution is 8.15. The number of furan rings is 1. The van der Waals surface area contributed by atoms with Crippen LogP contribution in [0.3, 0.4) is 0 Å². The number of hydrogen-bond donors (Lipinski definition) is 0. The van der Waals surface area contributed by atoms with Gasteiger partial charge in [0.1, 0.15) is 5.76 Å². The van der Waals surface area contributed by atoms with Crippen molar-refractivity contribution in [1.82, 2.24) is 4.90 Å². The quantitative estimate of drug-likeness (QED) is 0.354. The van der Waals surface area contributed by atoms with E-state index in [1.54, 1.807) is 35.6 Å². The first-order valence-corrected chi connectivity index (χ1v) is 10.8. The Morgan fingerprint density at radius 3 is 2.40 bits per heavy atom. The number of carbonyl (C=O) groups is 1. The largest absolute Gasteiger partial charge is 0.467 e. The van der Waals surface area contributed by atoms with Crippen LogP contribution in [-0.2, 0) is 17.8 Å². The van der Waals surface area contributed by atoms with E-state index in [1.807, 2.05) is 42.5 Å². The third-order valence-electron chi connectivity index (χ3n) is 4.47.